The molecule has 106 valence electrons. The van der Waals surface area contributed by atoms with E-state index in [0.717, 1.165) is 0 Å². The molecule has 5 nitrogen and oxygen atoms in total. The van der Waals surface area contributed by atoms with Crippen molar-refractivity contribution in [2.24, 2.45) is 0 Å². The molecule has 0 radical (unpaired) electrons. The van der Waals surface area contributed by atoms with E-state index in [1.54, 1.807) is 17.5 Å². The van der Waals surface area contributed by atoms with Crippen LogP contribution in [-0.2, 0) is 9.84 Å². The molecule has 0 atom stereocenters. The normalized spacial score (nSPS) is 11.2. The van der Waals surface area contributed by atoms with Crippen LogP contribution in [0.3, 0.4) is 0 Å². The van der Waals surface area contributed by atoms with E-state index in [2.05, 4.69) is 0 Å². The van der Waals surface area contributed by atoms with E-state index < -0.39 is 15.8 Å². The zero-order valence-corrected chi connectivity index (χ0v) is 12.0. The lowest BCUT2D eigenvalue weighted by molar-refractivity contribution is 0.0697. The van der Waals surface area contributed by atoms with Crippen molar-refractivity contribution >= 4 is 27.1 Å². The summed E-state index contributed by atoms with van der Waals surface area (Å²) in [6.45, 7) is 0.0205. The molecule has 0 saturated carbocycles. The third-order valence-corrected chi connectivity index (χ3v) is 5.69. The van der Waals surface area contributed by atoms with Gasteiger partial charge in [-0.05, 0) is 35.7 Å². The summed E-state index contributed by atoms with van der Waals surface area (Å²) in [7, 11) is -3.31. The maximum atomic E-state index is 11.9. The van der Waals surface area contributed by atoms with Crippen LogP contribution in [0.4, 0.5) is 0 Å². The number of carbonyl (C=O) groups is 1. The van der Waals surface area contributed by atoms with Crippen LogP contribution in [0.15, 0.2) is 46.0 Å². The van der Waals surface area contributed by atoms with E-state index in [0.29, 0.717) is 9.96 Å². The Bertz CT molecular complexity index is 672. The molecule has 7 heteroatoms. The standard InChI is InChI=1S/C13H12O5S2/c14-13(15)10-3-5-11(6-4-10)18-7-9-20(16,17)12-2-1-8-19-12/h1-6,8H,7,9H2,(H,14,15). The monoisotopic (exact) mass is 312 g/mol. The van der Waals surface area contributed by atoms with Crippen molar-refractivity contribution in [3.05, 3.63) is 47.3 Å². The molecule has 0 saturated heterocycles. The van der Waals surface area contributed by atoms with Gasteiger partial charge >= 0.3 is 5.97 Å². The van der Waals surface area contributed by atoms with Crippen LogP contribution in [0.5, 0.6) is 5.75 Å². The Labute approximate surface area is 120 Å². The minimum Gasteiger partial charge on any atom is -0.493 e. The zero-order valence-electron chi connectivity index (χ0n) is 10.4. The molecule has 0 unspecified atom stereocenters. The zero-order chi connectivity index (χ0) is 14.6. The Balaban J connectivity index is 1.92. The van der Waals surface area contributed by atoms with Crippen molar-refractivity contribution in [2.75, 3.05) is 12.4 Å². The molecule has 2 rings (SSSR count). The second-order valence-corrected chi connectivity index (χ2v) is 7.21. The molecule has 0 spiro atoms. The summed E-state index contributed by atoms with van der Waals surface area (Å²) >= 11 is 1.17. The minimum atomic E-state index is -3.31. The number of thiophene rings is 1. The first kappa shape index (κ1) is 14.5. The lowest BCUT2D eigenvalue weighted by Crippen LogP contribution is -2.13. The van der Waals surface area contributed by atoms with Crippen molar-refractivity contribution in [3.8, 4) is 5.75 Å². The average molecular weight is 312 g/mol. The molecule has 2 aromatic rings. The molecule has 0 aliphatic heterocycles. The fourth-order valence-electron chi connectivity index (χ4n) is 1.50. The fraction of sp³-hybridized carbons (Fsp3) is 0.154. The molecule has 1 heterocycles. The van der Waals surface area contributed by atoms with E-state index in [-0.39, 0.29) is 17.9 Å². The van der Waals surface area contributed by atoms with Gasteiger partial charge in [0.05, 0.1) is 11.3 Å². The first-order chi connectivity index (χ1) is 9.49. The van der Waals surface area contributed by atoms with Gasteiger partial charge in [-0.25, -0.2) is 13.2 Å². The SMILES string of the molecule is O=C(O)c1ccc(OCCS(=O)(=O)c2cccs2)cc1. The number of carboxylic acids is 1. The van der Waals surface area contributed by atoms with Crippen molar-refractivity contribution in [2.45, 2.75) is 4.21 Å². The molecule has 20 heavy (non-hydrogen) atoms. The molecule has 0 amide bonds. The molecule has 0 bridgehead atoms. The van der Waals surface area contributed by atoms with E-state index in [9.17, 15) is 13.2 Å². The predicted octanol–water partition coefficient (Wildman–Crippen LogP) is 2.30. The number of hydrogen-bond donors (Lipinski definition) is 1. The van der Waals surface area contributed by atoms with Gasteiger partial charge in [0.2, 0.25) is 0 Å². The number of benzene rings is 1. The first-order valence-corrected chi connectivity index (χ1v) is 8.25. The number of ether oxygens (including phenoxy) is 1. The Morgan fingerprint density at radius 1 is 1.20 bits per heavy atom. The highest BCUT2D eigenvalue weighted by Crippen LogP contribution is 2.18. The summed E-state index contributed by atoms with van der Waals surface area (Å²) in [6.07, 6.45) is 0. The van der Waals surface area contributed by atoms with Gasteiger partial charge in [-0.1, -0.05) is 6.07 Å². The van der Waals surface area contributed by atoms with Gasteiger partial charge < -0.3 is 9.84 Å². The molecule has 0 fully saturated rings. The first-order valence-electron chi connectivity index (χ1n) is 5.71. The van der Waals surface area contributed by atoms with Crippen molar-refractivity contribution in [3.63, 3.8) is 0 Å². The van der Waals surface area contributed by atoms with Gasteiger partial charge in [0.25, 0.3) is 0 Å². The van der Waals surface area contributed by atoms with Gasteiger partial charge in [0.1, 0.15) is 16.6 Å². The van der Waals surface area contributed by atoms with E-state index in [1.165, 1.54) is 35.6 Å². The lowest BCUT2D eigenvalue weighted by Gasteiger charge is -2.06. The quantitative estimate of drug-likeness (QED) is 0.885. The van der Waals surface area contributed by atoms with Crippen molar-refractivity contribution in [1.82, 2.24) is 0 Å². The molecule has 1 aromatic heterocycles. The summed E-state index contributed by atoms with van der Waals surface area (Å²) in [5.74, 6) is -0.693. The molecular weight excluding hydrogens is 300 g/mol. The number of hydrogen-bond acceptors (Lipinski definition) is 5. The van der Waals surface area contributed by atoms with Crippen LogP contribution in [0.25, 0.3) is 0 Å². The molecule has 1 aromatic carbocycles. The van der Waals surface area contributed by atoms with Gasteiger partial charge in [-0.3, -0.25) is 0 Å². The smallest absolute Gasteiger partial charge is 0.335 e. The maximum Gasteiger partial charge on any atom is 0.335 e. The van der Waals surface area contributed by atoms with E-state index >= 15 is 0 Å². The van der Waals surface area contributed by atoms with Gasteiger partial charge in [-0.2, -0.15) is 0 Å². The average Bonchev–Trinajstić information content (AvgIpc) is 2.94. The summed E-state index contributed by atoms with van der Waals surface area (Å²) in [5.41, 5.74) is 0.156. The van der Waals surface area contributed by atoms with Gasteiger partial charge in [0, 0.05) is 0 Å². The highest BCUT2D eigenvalue weighted by Gasteiger charge is 2.15. The minimum absolute atomic E-state index is 0.0205. The highest BCUT2D eigenvalue weighted by molar-refractivity contribution is 7.93. The number of aromatic carboxylic acids is 1. The van der Waals surface area contributed by atoms with Crippen LogP contribution in [-0.4, -0.2) is 31.9 Å². The third kappa shape index (κ3) is 3.58. The van der Waals surface area contributed by atoms with Crippen LogP contribution in [0, 0.1) is 0 Å². The lowest BCUT2D eigenvalue weighted by atomic mass is 10.2. The highest BCUT2D eigenvalue weighted by atomic mass is 32.2. The Kier molecular flexibility index (Phi) is 4.41. The number of sulfone groups is 1. The third-order valence-electron chi connectivity index (χ3n) is 2.52. The van der Waals surface area contributed by atoms with Crippen LogP contribution < -0.4 is 4.74 Å². The van der Waals surface area contributed by atoms with Gasteiger partial charge in [-0.15, -0.1) is 11.3 Å². The largest absolute Gasteiger partial charge is 0.493 e. The topological polar surface area (TPSA) is 80.7 Å². The Morgan fingerprint density at radius 2 is 1.90 bits per heavy atom. The second-order valence-electron chi connectivity index (χ2n) is 3.93. The van der Waals surface area contributed by atoms with Crippen LogP contribution >= 0.6 is 11.3 Å². The summed E-state index contributed by atoms with van der Waals surface area (Å²) in [5, 5.41) is 10.5. The second kappa shape index (κ2) is 6.06. The van der Waals surface area contributed by atoms with E-state index in [1.807, 2.05) is 0 Å². The maximum absolute atomic E-state index is 11.9. The number of rotatable bonds is 6. The summed E-state index contributed by atoms with van der Waals surface area (Å²) in [6, 6.07) is 9.06. The van der Waals surface area contributed by atoms with Crippen molar-refractivity contribution in [1.29, 1.82) is 0 Å². The molecule has 0 aliphatic rings. The molecule has 0 aliphatic carbocycles. The summed E-state index contributed by atoms with van der Waals surface area (Å²) in [4.78, 5) is 10.7. The van der Waals surface area contributed by atoms with E-state index in [4.69, 9.17) is 9.84 Å². The van der Waals surface area contributed by atoms with Gasteiger partial charge in [0.15, 0.2) is 9.84 Å². The number of carboxylic acid groups (broad SMARTS) is 1. The summed E-state index contributed by atoms with van der Waals surface area (Å²) < 4.78 is 29.4. The Hall–Kier alpha value is -1.86. The van der Waals surface area contributed by atoms with Crippen LogP contribution in [0.1, 0.15) is 10.4 Å². The van der Waals surface area contributed by atoms with Crippen LogP contribution in [0.2, 0.25) is 0 Å². The predicted molar refractivity (Wildman–Crippen MR) is 75.3 cm³/mol. The molecule has 1 N–H and O–H groups in total. The van der Waals surface area contributed by atoms with Crippen molar-refractivity contribution < 1.29 is 23.1 Å². The Morgan fingerprint density at radius 3 is 2.45 bits per heavy atom. The fourth-order valence-corrected chi connectivity index (χ4v) is 3.75. The molecular formula is C13H12O5S2.